The predicted octanol–water partition coefficient (Wildman–Crippen LogP) is 4.68. The average molecular weight is 783 g/mol. The second-order valence-corrected chi connectivity index (χ2v) is 17.1. The minimum Gasteiger partial charge on any atom is -0.456 e. The van der Waals surface area contributed by atoms with Crippen LogP contribution in [0, 0.1) is 0 Å². The van der Waals surface area contributed by atoms with E-state index in [-0.39, 0.29) is 60.3 Å². The van der Waals surface area contributed by atoms with Crippen LogP contribution in [0.5, 0.6) is 0 Å². The van der Waals surface area contributed by atoms with Gasteiger partial charge in [0.25, 0.3) is 0 Å². The van der Waals surface area contributed by atoms with Crippen LogP contribution >= 0.6 is 0 Å². The molecule has 0 atom stereocenters. The predicted molar refractivity (Wildman–Crippen MR) is 283 cm³/mol. The summed E-state index contributed by atoms with van der Waals surface area (Å²) < 4.78 is 6.72. The first kappa shape index (κ1) is 37.9. The number of furan rings is 1. The van der Waals surface area contributed by atoms with E-state index in [1.807, 2.05) is 0 Å². The van der Waals surface area contributed by atoms with Crippen LogP contribution in [0.4, 0.5) is 0 Å². The Morgan fingerprint density at radius 1 is 0.266 bits per heavy atom. The van der Waals surface area contributed by atoms with Gasteiger partial charge in [-0.1, -0.05) is 154 Å². The highest BCUT2D eigenvalue weighted by Crippen LogP contribution is 2.47. The topological polar surface area (TPSA) is 13.1 Å². The highest BCUT2D eigenvalue weighted by atomic mass is 16.3. The summed E-state index contributed by atoms with van der Waals surface area (Å²) in [6, 6.07) is 45.8. The molecule has 12 aromatic carbocycles. The first-order chi connectivity index (χ1) is 31.0. The molecule has 0 aliphatic heterocycles. The van der Waals surface area contributed by atoms with Crippen molar-refractivity contribution in [3.05, 3.63) is 127 Å². The molecule has 0 saturated carbocycles. The molecule has 0 fully saturated rings. The largest absolute Gasteiger partial charge is 0.456 e. The molecule has 0 bridgehead atoms. The number of hydrogen-bond acceptors (Lipinski definition) is 1. The summed E-state index contributed by atoms with van der Waals surface area (Å²) in [5, 5.41) is 15.8. The van der Waals surface area contributed by atoms with E-state index in [1.165, 1.54) is 48.5 Å². The molecular formula is C54H21B9O. The molecule has 10 heteroatoms. The molecule has 0 N–H and O–H groups in total. The van der Waals surface area contributed by atoms with E-state index in [9.17, 15) is 0 Å². The zero-order chi connectivity index (χ0) is 43.6. The third kappa shape index (κ3) is 4.81. The van der Waals surface area contributed by atoms with Crippen LogP contribution in [-0.4, -0.2) is 70.6 Å². The number of benzene rings is 12. The van der Waals surface area contributed by atoms with E-state index in [0.717, 1.165) is 44.0 Å². The lowest BCUT2D eigenvalue weighted by Gasteiger charge is -2.22. The normalized spacial score (nSPS) is 12.3. The van der Waals surface area contributed by atoms with Gasteiger partial charge >= 0.3 is 0 Å². The van der Waals surface area contributed by atoms with Crippen molar-refractivity contribution < 1.29 is 4.42 Å². The molecule has 0 unspecified atom stereocenters. The maximum absolute atomic E-state index is 7.22. The van der Waals surface area contributed by atoms with Gasteiger partial charge in [0, 0.05) is 16.2 Å². The molecule has 0 aliphatic rings. The molecular weight excluding hydrogens is 762 g/mol. The molecule has 1 nitrogen and oxygen atoms in total. The molecule has 18 radical (unpaired) electrons. The summed E-state index contributed by atoms with van der Waals surface area (Å²) in [6.45, 7) is 0. The van der Waals surface area contributed by atoms with Gasteiger partial charge in [0.1, 0.15) is 81.8 Å². The summed E-state index contributed by atoms with van der Waals surface area (Å²) in [6.07, 6.45) is 0. The number of rotatable bonds is 3. The van der Waals surface area contributed by atoms with Crippen molar-refractivity contribution in [3.8, 4) is 33.4 Å². The van der Waals surface area contributed by atoms with Crippen LogP contribution in [0.15, 0.2) is 132 Å². The van der Waals surface area contributed by atoms with Gasteiger partial charge in [0.15, 0.2) is 0 Å². The first-order valence-electron chi connectivity index (χ1n) is 20.9. The van der Waals surface area contributed by atoms with E-state index in [4.69, 9.17) is 75.0 Å². The fourth-order valence-corrected chi connectivity index (χ4v) is 10.8. The summed E-state index contributed by atoms with van der Waals surface area (Å²) in [5.41, 5.74) is 7.29. The second kappa shape index (κ2) is 13.2. The van der Waals surface area contributed by atoms with Gasteiger partial charge in [-0.05, 0) is 109 Å². The van der Waals surface area contributed by atoms with Crippen molar-refractivity contribution in [1.82, 2.24) is 0 Å². The summed E-state index contributed by atoms with van der Waals surface area (Å²) in [5.74, 6) is 0. The second-order valence-electron chi connectivity index (χ2n) is 17.1. The van der Waals surface area contributed by atoms with Gasteiger partial charge in [0.2, 0.25) is 0 Å². The molecule has 64 heavy (non-hydrogen) atoms. The number of hydrogen-bond donors (Lipinski definition) is 0. The molecule has 270 valence electrons. The van der Waals surface area contributed by atoms with Gasteiger partial charge in [-0.3, -0.25) is 0 Å². The standard InChI is InChI=1S/C54H21B9O/c55-44-39(40-42-47(58)45(56)41-43(48(59)50(61)49(60)46(41)57)53(42)64-54(40)52(63)51(44)62)33-20-15-28(29-16-11-26-9-7-22-3-1-5-24-13-18-31(29)37(26)35(22)24)21-34(33)30-17-12-27-10-8-23-4-2-6-25-14-19-32(30)38(27)36(23)25/h1-21H. The maximum atomic E-state index is 7.22. The van der Waals surface area contributed by atoms with E-state index < -0.39 is 0 Å². The average Bonchev–Trinajstić information content (AvgIpc) is 3.72. The highest BCUT2D eigenvalue weighted by molar-refractivity contribution is 6.72. The summed E-state index contributed by atoms with van der Waals surface area (Å²) >= 11 is 0. The lowest BCUT2D eigenvalue weighted by atomic mass is 9.61. The number of fused-ring (bicyclic) bond motifs is 5. The van der Waals surface area contributed by atoms with Crippen LogP contribution in [0.1, 0.15) is 0 Å². The molecule has 13 rings (SSSR count). The SMILES string of the molecule is [B]c1c([B])c(-c2ccc(-c3ccc4ccc5cccc6ccc3c4c56)cc2-c2ccc3ccc4cccc5ccc2c3c45)c2c(oc3c4c([B])c([B])c([B])c([B])c4c([B])c([B])c32)c1[B]. The molecule has 0 spiro atoms. The van der Waals surface area contributed by atoms with Crippen molar-refractivity contribution >= 4 is 217 Å². The van der Waals surface area contributed by atoms with E-state index in [1.54, 1.807) is 0 Å². The Morgan fingerprint density at radius 2 is 0.688 bits per heavy atom. The molecule has 0 aliphatic carbocycles. The highest BCUT2D eigenvalue weighted by Gasteiger charge is 2.27. The maximum Gasteiger partial charge on any atom is 0.141 e. The van der Waals surface area contributed by atoms with Gasteiger partial charge in [0.05, 0.1) is 0 Å². The van der Waals surface area contributed by atoms with Gasteiger partial charge in [-0.2, -0.15) is 0 Å². The molecule has 0 saturated heterocycles. The smallest absolute Gasteiger partial charge is 0.141 e. The molecule has 0 amide bonds. The van der Waals surface area contributed by atoms with Crippen molar-refractivity contribution in [2.45, 2.75) is 0 Å². The van der Waals surface area contributed by atoms with E-state index in [2.05, 4.69) is 127 Å². The molecule has 1 heterocycles. The Kier molecular flexibility index (Phi) is 7.82. The minimum absolute atomic E-state index is 0.0989. The Morgan fingerprint density at radius 3 is 1.28 bits per heavy atom. The van der Waals surface area contributed by atoms with Crippen molar-refractivity contribution in [3.63, 3.8) is 0 Å². The zero-order valence-electron chi connectivity index (χ0n) is 34.2. The van der Waals surface area contributed by atoms with Crippen LogP contribution < -0.4 is 49.2 Å². The lowest BCUT2D eigenvalue weighted by molar-refractivity contribution is 0.676. The van der Waals surface area contributed by atoms with Crippen LogP contribution in [0.2, 0.25) is 0 Å². The van der Waals surface area contributed by atoms with Crippen LogP contribution in [0.3, 0.4) is 0 Å². The van der Waals surface area contributed by atoms with Crippen molar-refractivity contribution in [2.75, 3.05) is 0 Å². The molecule has 13 aromatic rings. The van der Waals surface area contributed by atoms with Gasteiger partial charge in [-0.25, -0.2) is 0 Å². The third-order valence-corrected chi connectivity index (χ3v) is 13.9. The quantitative estimate of drug-likeness (QED) is 0.188. The van der Waals surface area contributed by atoms with Crippen molar-refractivity contribution in [1.29, 1.82) is 0 Å². The Balaban J connectivity index is 1.19. The molecule has 1 aromatic heterocycles. The Hall–Kier alpha value is -6.64. The fraction of sp³-hybridized carbons (Fsp3) is 0. The fourth-order valence-electron chi connectivity index (χ4n) is 10.8. The van der Waals surface area contributed by atoms with E-state index >= 15 is 0 Å². The van der Waals surface area contributed by atoms with E-state index in [0.29, 0.717) is 27.1 Å². The van der Waals surface area contributed by atoms with Crippen LogP contribution in [0.25, 0.3) is 131 Å². The van der Waals surface area contributed by atoms with Crippen LogP contribution in [-0.2, 0) is 0 Å². The first-order valence-corrected chi connectivity index (χ1v) is 20.9. The Labute approximate surface area is 380 Å². The lowest BCUT2D eigenvalue weighted by Crippen LogP contribution is -2.50. The minimum atomic E-state index is 0.0989. The van der Waals surface area contributed by atoms with Crippen molar-refractivity contribution in [2.24, 2.45) is 0 Å². The third-order valence-electron chi connectivity index (χ3n) is 13.9. The zero-order valence-corrected chi connectivity index (χ0v) is 34.2. The Bertz CT molecular complexity index is 4210. The monoisotopic (exact) mass is 784 g/mol. The van der Waals surface area contributed by atoms with Gasteiger partial charge < -0.3 is 4.42 Å². The van der Waals surface area contributed by atoms with Gasteiger partial charge in [-0.15, -0.1) is 16.4 Å². The summed E-state index contributed by atoms with van der Waals surface area (Å²) in [7, 11) is 60.9. The summed E-state index contributed by atoms with van der Waals surface area (Å²) in [4.78, 5) is 0.